The van der Waals surface area contributed by atoms with Crippen LogP contribution < -0.4 is 0 Å². The second kappa shape index (κ2) is 9.09. The lowest BCUT2D eigenvalue weighted by atomic mass is 10.1. The lowest BCUT2D eigenvalue weighted by Crippen LogP contribution is -2.32. The number of carbonyl (C=O) groups excluding carboxylic acids is 1. The van der Waals surface area contributed by atoms with E-state index in [4.69, 9.17) is 0 Å². The van der Waals surface area contributed by atoms with Gasteiger partial charge in [0.15, 0.2) is 5.17 Å². The van der Waals surface area contributed by atoms with E-state index < -0.39 is 4.92 Å². The number of nitrogens with zero attached hydrogens (tertiary/aromatic N) is 4. The second-order valence-electron chi connectivity index (χ2n) is 6.01. The van der Waals surface area contributed by atoms with Gasteiger partial charge in [0.05, 0.1) is 16.4 Å². The Bertz CT molecular complexity index is 943. The Hall–Kier alpha value is -3.26. The predicted molar refractivity (Wildman–Crippen MR) is 112 cm³/mol. The zero-order valence-electron chi connectivity index (χ0n) is 15.0. The average molecular weight is 394 g/mol. The third kappa shape index (κ3) is 4.72. The first-order valence-electron chi connectivity index (χ1n) is 8.57. The molecule has 7 nitrogen and oxygen atoms in total. The van der Waals surface area contributed by atoms with Crippen molar-refractivity contribution in [2.75, 3.05) is 6.54 Å². The summed E-state index contributed by atoms with van der Waals surface area (Å²) in [5.74, 6) is -0.0296. The summed E-state index contributed by atoms with van der Waals surface area (Å²) in [6.07, 6.45) is 3.68. The van der Waals surface area contributed by atoms with E-state index in [1.54, 1.807) is 23.1 Å². The Labute approximate surface area is 166 Å². The van der Waals surface area contributed by atoms with Gasteiger partial charge >= 0.3 is 0 Å². The van der Waals surface area contributed by atoms with Gasteiger partial charge in [-0.1, -0.05) is 60.3 Å². The van der Waals surface area contributed by atoms with Crippen LogP contribution in [0.4, 0.5) is 5.69 Å². The van der Waals surface area contributed by atoms with Crippen molar-refractivity contribution in [2.24, 2.45) is 10.2 Å². The van der Waals surface area contributed by atoms with E-state index >= 15 is 0 Å². The van der Waals surface area contributed by atoms with E-state index in [0.717, 1.165) is 5.56 Å². The summed E-state index contributed by atoms with van der Waals surface area (Å²) >= 11 is 1.36. The fraction of sp³-hybridized carbons (Fsp3) is 0.150. The van der Waals surface area contributed by atoms with Crippen LogP contribution in [0.15, 0.2) is 77.5 Å². The van der Waals surface area contributed by atoms with E-state index in [9.17, 15) is 14.9 Å². The van der Waals surface area contributed by atoms with Crippen LogP contribution in [0.1, 0.15) is 11.1 Å². The molecule has 0 aromatic heterocycles. The molecule has 1 amide bonds. The third-order valence-electron chi connectivity index (χ3n) is 4.03. The van der Waals surface area contributed by atoms with Crippen molar-refractivity contribution in [3.8, 4) is 0 Å². The first-order valence-corrected chi connectivity index (χ1v) is 9.45. The highest BCUT2D eigenvalue weighted by molar-refractivity contribution is 8.15. The Morgan fingerprint density at radius 2 is 2.00 bits per heavy atom. The van der Waals surface area contributed by atoms with Gasteiger partial charge in [-0.15, -0.1) is 11.7 Å². The second-order valence-corrected chi connectivity index (χ2v) is 7.18. The number of benzene rings is 2. The number of carbonyl (C=O) groups is 1. The smallest absolute Gasteiger partial charge is 0.270 e. The van der Waals surface area contributed by atoms with Gasteiger partial charge < -0.3 is 0 Å². The molecule has 0 unspecified atom stereocenters. The van der Waals surface area contributed by atoms with Gasteiger partial charge in [-0.2, -0.15) is 5.10 Å². The van der Waals surface area contributed by atoms with Gasteiger partial charge in [-0.05, 0) is 12.0 Å². The molecule has 8 heteroatoms. The summed E-state index contributed by atoms with van der Waals surface area (Å²) in [4.78, 5) is 24.7. The predicted octanol–water partition coefficient (Wildman–Crippen LogP) is 3.66. The van der Waals surface area contributed by atoms with Crippen molar-refractivity contribution < 1.29 is 9.72 Å². The lowest BCUT2D eigenvalue weighted by molar-refractivity contribution is -0.384. The summed E-state index contributed by atoms with van der Waals surface area (Å²) in [5, 5.41) is 19.3. The summed E-state index contributed by atoms with van der Waals surface area (Å²) in [6.45, 7) is 4.05. The fourth-order valence-corrected chi connectivity index (χ4v) is 3.85. The minimum atomic E-state index is -0.464. The number of thioether (sulfide) groups is 1. The summed E-state index contributed by atoms with van der Waals surface area (Å²) < 4.78 is 0. The Balaban J connectivity index is 1.76. The summed E-state index contributed by atoms with van der Waals surface area (Å²) in [7, 11) is 0. The van der Waals surface area contributed by atoms with E-state index in [-0.39, 0.29) is 16.8 Å². The molecule has 142 valence electrons. The van der Waals surface area contributed by atoms with Crippen LogP contribution in [0.5, 0.6) is 0 Å². The summed E-state index contributed by atoms with van der Waals surface area (Å²) in [5.41, 5.74) is 1.62. The molecule has 28 heavy (non-hydrogen) atoms. The molecule has 0 spiro atoms. The Morgan fingerprint density at radius 3 is 2.71 bits per heavy atom. The van der Waals surface area contributed by atoms with E-state index in [2.05, 4.69) is 16.8 Å². The van der Waals surface area contributed by atoms with Gasteiger partial charge in [0, 0.05) is 24.2 Å². The zero-order chi connectivity index (χ0) is 19.9. The average Bonchev–Trinajstić information content (AvgIpc) is 2.98. The minimum Gasteiger partial charge on any atom is -0.285 e. The first kappa shape index (κ1) is 19.5. The molecule has 1 aliphatic heterocycles. The van der Waals surface area contributed by atoms with Crippen LogP contribution in [0, 0.1) is 10.1 Å². The maximum atomic E-state index is 12.7. The van der Waals surface area contributed by atoms with E-state index in [1.165, 1.54) is 30.1 Å². The van der Waals surface area contributed by atoms with E-state index in [1.807, 2.05) is 30.3 Å². The SMILES string of the molecule is C=CCN1C(=O)[C@@H](Cc2ccccc2)S/C1=N\N=C/c1cccc([N+](=O)[O-])c1. The molecule has 0 bridgehead atoms. The molecule has 1 saturated heterocycles. The number of hydrogen-bond donors (Lipinski definition) is 0. The van der Waals surface area contributed by atoms with Crippen LogP contribution in [0.25, 0.3) is 0 Å². The largest absolute Gasteiger partial charge is 0.285 e. The monoisotopic (exact) mass is 394 g/mol. The minimum absolute atomic E-state index is 0.0155. The Morgan fingerprint density at radius 1 is 1.21 bits per heavy atom. The highest BCUT2D eigenvalue weighted by Crippen LogP contribution is 2.30. The number of hydrogen-bond acceptors (Lipinski definition) is 6. The number of non-ortho nitro benzene ring substituents is 1. The first-order chi connectivity index (χ1) is 13.6. The normalized spacial score (nSPS) is 18.1. The maximum Gasteiger partial charge on any atom is 0.270 e. The number of nitro benzene ring substituents is 1. The Kier molecular flexibility index (Phi) is 6.33. The molecule has 0 N–H and O–H groups in total. The van der Waals surface area contributed by atoms with Crippen LogP contribution >= 0.6 is 11.8 Å². The quantitative estimate of drug-likeness (QED) is 0.310. The number of rotatable bonds is 7. The topological polar surface area (TPSA) is 88.2 Å². The maximum absolute atomic E-state index is 12.7. The molecular weight excluding hydrogens is 376 g/mol. The fourth-order valence-electron chi connectivity index (χ4n) is 2.70. The highest BCUT2D eigenvalue weighted by Gasteiger charge is 2.37. The molecule has 0 saturated carbocycles. The molecule has 1 atom stereocenters. The molecule has 0 aliphatic carbocycles. The van der Waals surface area contributed by atoms with Crippen molar-refractivity contribution in [3.05, 3.63) is 88.5 Å². The molecular formula is C20H18N4O3S. The van der Waals surface area contributed by atoms with Gasteiger partial charge in [0.2, 0.25) is 5.91 Å². The van der Waals surface area contributed by atoms with Crippen LogP contribution in [0.2, 0.25) is 0 Å². The van der Waals surface area contributed by atoms with Crippen LogP contribution in [-0.2, 0) is 11.2 Å². The molecule has 3 rings (SSSR count). The number of nitro groups is 1. The van der Waals surface area contributed by atoms with Crippen molar-refractivity contribution in [3.63, 3.8) is 0 Å². The number of amidine groups is 1. The highest BCUT2D eigenvalue weighted by atomic mass is 32.2. The van der Waals surface area contributed by atoms with Gasteiger partial charge in [0.1, 0.15) is 0 Å². The van der Waals surface area contributed by atoms with Crippen molar-refractivity contribution >= 4 is 34.7 Å². The van der Waals surface area contributed by atoms with Gasteiger partial charge in [0.25, 0.3) is 5.69 Å². The number of amides is 1. The standard InChI is InChI=1S/C20H18N4O3S/c1-2-11-23-19(25)18(13-15-7-4-3-5-8-15)28-20(23)22-21-14-16-9-6-10-17(12-16)24(26)27/h2-10,12,14,18H,1,11,13H2/b21-14-,22-20-/t18-/m1/s1. The molecule has 1 heterocycles. The zero-order valence-corrected chi connectivity index (χ0v) is 15.8. The van der Waals surface area contributed by atoms with Crippen molar-refractivity contribution in [2.45, 2.75) is 11.7 Å². The molecule has 2 aromatic rings. The van der Waals surface area contributed by atoms with Crippen LogP contribution in [-0.4, -0.2) is 38.9 Å². The lowest BCUT2D eigenvalue weighted by Gasteiger charge is -2.12. The van der Waals surface area contributed by atoms with Crippen LogP contribution in [0.3, 0.4) is 0 Å². The van der Waals surface area contributed by atoms with E-state index in [0.29, 0.717) is 23.7 Å². The van der Waals surface area contributed by atoms with Gasteiger partial charge in [-0.25, -0.2) is 0 Å². The van der Waals surface area contributed by atoms with Crippen molar-refractivity contribution in [1.29, 1.82) is 0 Å². The van der Waals surface area contributed by atoms with Crippen molar-refractivity contribution in [1.82, 2.24) is 4.90 Å². The van der Waals surface area contributed by atoms with Gasteiger partial charge in [-0.3, -0.25) is 19.8 Å². The summed E-state index contributed by atoms with van der Waals surface area (Å²) in [6, 6.07) is 15.9. The molecule has 0 radical (unpaired) electrons. The third-order valence-corrected chi connectivity index (χ3v) is 5.19. The molecule has 1 aliphatic rings. The molecule has 2 aromatic carbocycles. The molecule has 1 fully saturated rings.